The van der Waals surface area contributed by atoms with Crippen LogP contribution in [0.1, 0.15) is 36.7 Å². The highest BCUT2D eigenvalue weighted by Crippen LogP contribution is 2.31. The van der Waals surface area contributed by atoms with E-state index >= 15 is 0 Å². The maximum Gasteiger partial charge on any atom is 0.349 e. The van der Waals surface area contributed by atoms with Gasteiger partial charge < -0.3 is 14.6 Å². The van der Waals surface area contributed by atoms with E-state index in [4.69, 9.17) is 26.2 Å². The summed E-state index contributed by atoms with van der Waals surface area (Å²) in [7, 11) is 0. The summed E-state index contributed by atoms with van der Waals surface area (Å²) in [5.41, 5.74) is 0.629. The summed E-state index contributed by atoms with van der Waals surface area (Å²) in [4.78, 5) is 23.2. The number of esters is 1. The second kappa shape index (κ2) is 7.57. The van der Waals surface area contributed by atoms with Gasteiger partial charge in [-0.25, -0.2) is 9.59 Å². The van der Waals surface area contributed by atoms with Crippen LogP contribution in [0.15, 0.2) is 42.5 Å². The van der Waals surface area contributed by atoms with E-state index in [-0.39, 0.29) is 28.4 Å². The lowest BCUT2D eigenvalue weighted by molar-refractivity contribution is -0.136. The van der Waals surface area contributed by atoms with Crippen LogP contribution < -0.4 is 9.47 Å². The number of carbonyl (C=O) groups is 2. The molecule has 0 amide bonds. The number of ether oxygens (including phenoxy) is 2. The molecule has 5 nitrogen and oxygen atoms in total. The molecule has 0 aliphatic heterocycles. The molecule has 2 aromatic rings. The van der Waals surface area contributed by atoms with Gasteiger partial charge in [-0.2, -0.15) is 0 Å². The van der Waals surface area contributed by atoms with Crippen LogP contribution in [0.2, 0.25) is 5.02 Å². The van der Waals surface area contributed by atoms with Crippen molar-refractivity contribution in [2.24, 2.45) is 0 Å². The molecule has 0 aliphatic rings. The minimum absolute atomic E-state index is 0.0744. The predicted molar refractivity (Wildman–Crippen MR) is 94.7 cm³/mol. The minimum Gasteiger partial charge on any atom is -0.482 e. The number of aromatic carboxylic acids is 1. The Hall–Kier alpha value is -2.53. The second-order valence-corrected chi connectivity index (χ2v) is 6.89. The maximum atomic E-state index is 12.0. The van der Waals surface area contributed by atoms with Gasteiger partial charge in [-0.1, -0.05) is 50.6 Å². The molecule has 0 heterocycles. The summed E-state index contributed by atoms with van der Waals surface area (Å²) in [6, 6.07) is 11.4. The number of para-hydroxylation sites is 1. The van der Waals surface area contributed by atoms with Gasteiger partial charge in [0.25, 0.3) is 0 Å². The van der Waals surface area contributed by atoms with Crippen LogP contribution in [0.25, 0.3) is 0 Å². The summed E-state index contributed by atoms with van der Waals surface area (Å²) in [6.07, 6.45) is 0. The predicted octanol–water partition coefficient (Wildman–Crippen LogP) is 4.32. The third kappa shape index (κ3) is 4.97. The van der Waals surface area contributed by atoms with E-state index < -0.39 is 11.9 Å². The molecule has 0 spiro atoms. The average molecular weight is 363 g/mol. The molecule has 25 heavy (non-hydrogen) atoms. The summed E-state index contributed by atoms with van der Waals surface area (Å²) in [5, 5.41) is 9.40. The lowest BCUT2D eigenvalue weighted by Crippen LogP contribution is -2.21. The van der Waals surface area contributed by atoms with Crippen LogP contribution in [0.5, 0.6) is 11.5 Å². The molecule has 0 unspecified atom stereocenters. The first-order chi connectivity index (χ1) is 11.7. The van der Waals surface area contributed by atoms with Crippen LogP contribution in [0.3, 0.4) is 0 Å². The van der Waals surface area contributed by atoms with E-state index in [0.29, 0.717) is 5.75 Å². The molecule has 0 aromatic heterocycles. The molecule has 0 radical (unpaired) electrons. The lowest BCUT2D eigenvalue weighted by Gasteiger charge is -2.22. The molecule has 2 aromatic carbocycles. The zero-order chi connectivity index (χ0) is 18.6. The quantitative estimate of drug-likeness (QED) is 0.633. The second-order valence-electron chi connectivity index (χ2n) is 6.45. The molecule has 0 saturated heterocycles. The van der Waals surface area contributed by atoms with E-state index in [1.807, 2.05) is 39.0 Å². The Kier molecular flexibility index (Phi) is 5.69. The van der Waals surface area contributed by atoms with Crippen molar-refractivity contribution in [3.8, 4) is 11.5 Å². The molecular weight excluding hydrogens is 344 g/mol. The highest BCUT2D eigenvalue weighted by Gasteiger charge is 2.20. The molecule has 1 N–H and O–H groups in total. The van der Waals surface area contributed by atoms with Gasteiger partial charge in [0.05, 0.1) is 0 Å². The van der Waals surface area contributed by atoms with Crippen molar-refractivity contribution < 1.29 is 24.2 Å². The first kappa shape index (κ1) is 18.8. The number of carboxylic acids is 1. The number of rotatable bonds is 5. The maximum absolute atomic E-state index is 12.0. The Morgan fingerprint density at radius 3 is 2.40 bits per heavy atom. The Morgan fingerprint density at radius 2 is 1.76 bits per heavy atom. The number of halogens is 1. The highest BCUT2D eigenvalue weighted by molar-refractivity contribution is 6.31. The normalized spacial score (nSPS) is 11.0. The van der Waals surface area contributed by atoms with Crippen molar-refractivity contribution >= 4 is 23.5 Å². The Balaban J connectivity index is 2.09. The zero-order valence-corrected chi connectivity index (χ0v) is 15.0. The highest BCUT2D eigenvalue weighted by atomic mass is 35.5. The first-order valence-corrected chi connectivity index (χ1v) is 8.02. The molecule has 2 rings (SSSR count). The summed E-state index contributed by atoms with van der Waals surface area (Å²) in [6.45, 7) is 5.79. The van der Waals surface area contributed by atoms with Crippen LogP contribution in [0, 0.1) is 0 Å². The monoisotopic (exact) mass is 362 g/mol. The van der Waals surface area contributed by atoms with E-state index in [1.165, 1.54) is 18.2 Å². The Bertz CT molecular complexity index is 793. The van der Waals surface area contributed by atoms with Gasteiger partial charge in [-0.15, -0.1) is 0 Å². The molecule has 0 saturated carbocycles. The van der Waals surface area contributed by atoms with Gasteiger partial charge in [-0.3, -0.25) is 0 Å². The number of hydrogen-bond donors (Lipinski definition) is 1. The zero-order valence-electron chi connectivity index (χ0n) is 14.2. The molecule has 0 atom stereocenters. The molecule has 132 valence electrons. The number of hydrogen-bond acceptors (Lipinski definition) is 4. The third-order valence-electron chi connectivity index (χ3n) is 3.44. The third-order valence-corrected chi connectivity index (χ3v) is 3.67. The molecular formula is C19H19ClO5. The number of benzene rings is 2. The summed E-state index contributed by atoms with van der Waals surface area (Å²) in [5.74, 6) is -1.42. The molecule has 0 fully saturated rings. The SMILES string of the molecule is CC(C)(C)c1ccccc1OCC(=O)Oc1ccc(Cl)cc1C(=O)O. The van der Waals surface area contributed by atoms with Gasteiger partial charge in [0, 0.05) is 5.02 Å². The van der Waals surface area contributed by atoms with Gasteiger partial charge in [0.15, 0.2) is 6.61 Å². The number of carboxylic acid groups (broad SMARTS) is 1. The van der Waals surface area contributed by atoms with E-state index in [2.05, 4.69) is 0 Å². The largest absolute Gasteiger partial charge is 0.482 e. The molecule has 0 aliphatic carbocycles. The van der Waals surface area contributed by atoms with Crippen LogP contribution in [0.4, 0.5) is 0 Å². The van der Waals surface area contributed by atoms with E-state index in [0.717, 1.165) is 5.56 Å². The summed E-state index contributed by atoms with van der Waals surface area (Å²) < 4.78 is 10.7. The van der Waals surface area contributed by atoms with Crippen LogP contribution >= 0.6 is 11.6 Å². The first-order valence-electron chi connectivity index (χ1n) is 7.64. The standard InChI is InChI=1S/C19H19ClO5/c1-19(2,3)14-6-4-5-7-16(14)24-11-17(21)25-15-9-8-12(20)10-13(15)18(22)23/h4-10H,11H2,1-3H3,(H,22,23). The van der Waals surface area contributed by atoms with Gasteiger partial charge in [-0.05, 0) is 35.2 Å². The van der Waals surface area contributed by atoms with Crippen molar-refractivity contribution in [3.05, 3.63) is 58.6 Å². The fraction of sp³-hybridized carbons (Fsp3) is 0.263. The van der Waals surface area contributed by atoms with Gasteiger partial charge >= 0.3 is 11.9 Å². The molecule has 0 bridgehead atoms. The summed E-state index contributed by atoms with van der Waals surface area (Å²) >= 11 is 5.77. The van der Waals surface area contributed by atoms with Crippen molar-refractivity contribution in [2.45, 2.75) is 26.2 Å². The topological polar surface area (TPSA) is 72.8 Å². The van der Waals surface area contributed by atoms with Crippen molar-refractivity contribution in [1.29, 1.82) is 0 Å². The van der Waals surface area contributed by atoms with E-state index in [9.17, 15) is 9.59 Å². The molecule has 6 heteroatoms. The van der Waals surface area contributed by atoms with Gasteiger partial charge in [0.1, 0.15) is 17.1 Å². The fourth-order valence-electron chi connectivity index (χ4n) is 2.26. The number of carbonyl (C=O) groups excluding carboxylic acids is 1. The smallest absolute Gasteiger partial charge is 0.349 e. The van der Waals surface area contributed by atoms with Crippen LogP contribution in [-0.4, -0.2) is 23.7 Å². The van der Waals surface area contributed by atoms with Crippen molar-refractivity contribution in [3.63, 3.8) is 0 Å². The fourth-order valence-corrected chi connectivity index (χ4v) is 2.43. The lowest BCUT2D eigenvalue weighted by atomic mass is 9.86. The van der Waals surface area contributed by atoms with Crippen LogP contribution in [-0.2, 0) is 10.2 Å². The average Bonchev–Trinajstić information content (AvgIpc) is 2.54. The Labute approximate surface area is 151 Å². The van der Waals surface area contributed by atoms with Crippen molar-refractivity contribution in [1.82, 2.24) is 0 Å². The Morgan fingerprint density at radius 1 is 1.08 bits per heavy atom. The minimum atomic E-state index is -1.23. The van der Waals surface area contributed by atoms with E-state index in [1.54, 1.807) is 6.07 Å². The van der Waals surface area contributed by atoms with Gasteiger partial charge in [0.2, 0.25) is 0 Å². The van der Waals surface area contributed by atoms with Crippen molar-refractivity contribution in [2.75, 3.05) is 6.61 Å².